The number of carbonyl (C=O) groups is 2. The summed E-state index contributed by atoms with van der Waals surface area (Å²) in [5.41, 5.74) is 4.84. The van der Waals surface area contributed by atoms with Gasteiger partial charge in [0.05, 0.1) is 18.2 Å². The van der Waals surface area contributed by atoms with Crippen molar-refractivity contribution in [2.75, 3.05) is 20.1 Å². The molecule has 1 aromatic heterocycles. The monoisotopic (exact) mass is 408 g/mol. The Hall–Kier alpha value is -2.63. The molecule has 2 heterocycles. The van der Waals surface area contributed by atoms with Gasteiger partial charge in [-0.1, -0.05) is 30.3 Å². The molecule has 30 heavy (non-hydrogen) atoms. The lowest BCUT2D eigenvalue weighted by Crippen LogP contribution is -2.46. The number of H-pyrrole nitrogens is 1. The number of hydrogen-bond acceptors (Lipinski definition) is 3. The fourth-order valence-electron chi connectivity index (χ4n) is 4.75. The quantitative estimate of drug-likeness (QED) is 0.765. The Bertz CT molecular complexity index is 877. The maximum absolute atomic E-state index is 13.1. The Morgan fingerprint density at radius 1 is 1.20 bits per heavy atom. The fraction of sp³-hybridized carbons (Fsp3) is 0.542. The van der Waals surface area contributed by atoms with Gasteiger partial charge in [0.25, 0.3) is 0 Å². The van der Waals surface area contributed by atoms with Gasteiger partial charge in [-0.25, -0.2) is 0 Å². The van der Waals surface area contributed by atoms with Gasteiger partial charge in [0, 0.05) is 32.3 Å². The van der Waals surface area contributed by atoms with Crippen LogP contribution >= 0.6 is 0 Å². The van der Waals surface area contributed by atoms with Crippen LogP contribution in [0.2, 0.25) is 0 Å². The maximum Gasteiger partial charge on any atom is 0.227 e. The van der Waals surface area contributed by atoms with E-state index in [1.807, 2.05) is 30.1 Å². The standard InChI is InChI=1S/C24H32N4O2/c1-27(17-22-20-11-5-6-12-21(20)25-26-22)24(30)19-13-14-23(29)28(16-19)15-7-10-18-8-3-2-4-9-18/h2-4,8-9,19H,5-7,10-17H2,1H3,(H,25,26). The Morgan fingerprint density at radius 3 is 2.83 bits per heavy atom. The molecule has 1 aromatic carbocycles. The van der Waals surface area contributed by atoms with Crippen LogP contribution in [-0.4, -0.2) is 51.9 Å². The molecule has 2 aromatic rings. The van der Waals surface area contributed by atoms with E-state index in [9.17, 15) is 9.59 Å². The van der Waals surface area contributed by atoms with Crippen LogP contribution in [0.3, 0.4) is 0 Å². The molecule has 0 radical (unpaired) electrons. The number of amides is 2. The topological polar surface area (TPSA) is 69.3 Å². The van der Waals surface area contributed by atoms with Crippen LogP contribution in [0.25, 0.3) is 0 Å². The smallest absolute Gasteiger partial charge is 0.227 e. The lowest BCUT2D eigenvalue weighted by Gasteiger charge is -2.34. The average Bonchev–Trinajstić information content (AvgIpc) is 3.18. The highest BCUT2D eigenvalue weighted by Gasteiger charge is 2.32. The minimum Gasteiger partial charge on any atom is -0.342 e. The van der Waals surface area contributed by atoms with Crippen LogP contribution < -0.4 is 0 Å². The van der Waals surface area contributed by atoms with E-state index in [0.29, 0.717) is 32.5 Å². The lowest BCUT2D eigenvalue weighted by molar-refractivity contribution is -0.142. The van der Waals surface area contributed by atoms with Gasteiger partial charge in [0.15, 0.2) is 0 Å². The summed E-state index contributed by atoms with van der Waals surface area (Å²) in [7, 11) is 1.86. The van der Waals surface area contributed by atoms with Crippen molar-refractivity contribution in [3.05, 3.63) is 52.8 Å². The summed E-state index contributed by atoms with van der Waals surface area (Å²) in [6, 6.07) is 10.3. The molecule has 1 N–H and O–H groups in total. The molecule has 2 amide bonds. The van der Waals surface area contributed by atoms with Crippen molar-refractivity contribution in [2.24, 2.45) is 5.92 Å². The number of fused-ring (bicyclic) bond motifs is 1. The second-order valence-corrected chi connectivity index (χ2v) is 8.69. The van der Waals surface area contributed by atoms with E-state index < -0.39 is 0 Å². The molecule has 0 spiro atoms. The molecule has 1 saturated heterocycles. The van der Waals surface area contributed by atoms with Gasteiger partial charge in [-0.05, 0) is 56.1 Å². The van der Waals surface area contributed by atoms with E-state index in [4.69, 9.17) is 0 Å². The summed E-state index contributed by atoms with van der Waals surface area (Å²) in [6.45, 7) is 1.80. The van der Waals surface area contributed by atoms with Crippen LogP contribution in [0.4, 0.5) is 0 Å². The minimum atomic E-state index is -0.112. The van der Waals surface area contributed by atoms with Crippen LogP contribution in [0.1, 0.15) is 54.6 Å². The lowest BCUT2D eigenvalue weighted by atomic mass is 9.94. The second-order valence-electron chi connectivity index (χ2n) is 8.69. The van der Waals surface area contributed by atoms with Crippen molar-refractivity contribution in [1.82, 2.24) is 20.0 Å². The first-order valence-electron chi connectivity index (χ1n) is 11.2. The summed E-state index contributed by atoms with van der Waals surface area (Å²) in [4.78, 5) is 29.2. The highest BCUT2D eigenvalue weighted by atomic mass is 16.2. The zero-order valence-electron chi connectivity index (χ0n) is 17.9. The number of aryl methyl sites for hydroxylation is 2. The van der Waals surface area contributed by atoms with E-state index in [1.54, 1.807) is 4.90 Å². The van der Waals surface area contributed by atoms with Gasteiger partial charge in [0.1, 0.15) is 0 Å². The molecule has 6 nitrogen and oxygen atoms in total. The predicted molar refractivity (Wildman–Crippen MR) is 116 cm³/mol. The van der Waals surface area contributed by atoms with Crippen molar-refractivity contribution >= 4 is 11.8 Å². The highest BCUT2D eigenvalue weighted by molar-refractivity contribution is 5.83. The number of likely N-dealkylation sites (tertiary alicyclic amines) is 1. The summed E-state index contributed by atoms with van der Waals surface area (Å²) in [6.07, 6.45) is 7.50. The fourth-order valence-corrected chi connectivity index (χ4v) is 4.75. The van der Waals surface area contributed by atoms with Crippen LogP contribution in [0.15, 0.2) is 30.3 Å². The Kier molecular flexibility index (Phi) is 6.50. The minimum absolute atomic E-state index is 0.112. The number of rotatable bonds is 7. The molecule has 1 aliphatic carbocycles. The first kappa shape index (κ1) is 20.6. The van der Waals surface area contributed by atoms with Gasteiger partial charge in [-0.3, -0.25) is 14.7 Å². The maximum atomic E-state index is 13.1. The molecule has 1 unspecified atom stereocenters. The van der Waals surface area contributed by atoms with Gasteiger partial charge < -0.3 is 9.80 Å². The first-order valence-corrected chi connectivity index (χ1v) is 11.2. The number of aromatic amines is 1. The molecular formula is C24H32N4O2. The van der Waals surface area contributed by atoms with E-state index in [-0.39, 0.29) is 17.7 Å². The molecule has 1 atom stereocenters. The van der Waals surface area contributed by atoms with Crippen molar-refractivity contribution in [3.8, 4) is 0 Å². The van der Waals surface area contributed by atoms with Crippen LogP contribution in [-0.2, 0) is 35.4 Å². The van der Waals surface area contributed by atoms with Crippen LogP contribution in [0, 0.1) is 5.92 Å². The van der Waals surface area contributed by atoms with Gasteiger partial charge >= 0.3 is 0 Å². The Morgan fingerprint density at radius 2 is 2.00 bits per heavy atom. The average molecular weight is 409 g/mol. The zero-order valence-corrected chi connectivity index (χ0v) is 17.9. The normalized spacial score (nSPS) is 18.9. The summed E-state index contributed by atoms with van der Waals surface area (Å²) >= 11 is 0. The van der Waals surface area contributed by atoms with Crippen molar-refractivity contribution in [2.45, 2.75) is 57.9 Å². The van der Waals surface area contributed by atoms with E-state index >= 15 is 0 Å². The van der Waals surface area contributed by atoms with E-state index in [0.717, 1.165) is 31.4 Å². The second kappa shape index (κ2) is 9.45. The number of benzene rings is 1. The Labute approximate surface area is 178 Å². The Balaban J connectivity index is 1.31. The molecule has 1 aliphatic heterocycles. The number of nitrogens with zero attached hydrogens (tertiary/aromatic N) is 3. The molecular weight excluding hydrogens is 376 g/mol. The van der Waals surface area contributed by atoms with Gasteiger partial charge in [-0.2, -0.15) is 5.10 Å². The number of carbonyl (C=O) groups excluding carboxylic acids is 2. The third kappa shape index (κ3) is 4.74. The third-order valence-corrected chi connectivity index (χ3v) is 6.49. The van der Waals surface area contributed by atoms with Crippen molar-refractivity contribution in [3.63, 3.8) is 0 Å². The molecule has 2 aliphatic rings. The molecule has 4 rings (SSSR count). The van der Waals surface area contributed by atoms with Gasteiger partial charge in [-0.15, -0.1) is 0 Å². The summed E-state index contributed by atoms with van der Waals surface area (Å²) in [5.74, 6) is 0.193. The molecule has 6 heteroatoms. The zero-order chi connectivity index (χ0) is 20.9. The van der Waals surface area contributed by atoms with Crippen molar-refractivity contribution < 1.29 is 9.59 Å². The molecule has 0 saturated carbocycles. The molecule has 1 fully saturated rings. The number of hydrogen-bond donors (Lipinski definition) is 1. The summed E-state index contributed by atoms with van der Waals surface area (Å²) in [5, 5.41) is 7.64. The number of nitrogens with one attached hydrogen (secondary N) is 1. The molecule has 0 bridgehead atoms. The predicted octanol–water partition coefficient (Wildman–Crippen LogP) is 3.12. The number of piperidine rings is 1. The third-order valence-electron chi connectivity index (χ3n) is 6.49. The van der Waals surface area contributed by atoms with Gasteiger partial charge in [0.2, 0.25) is 11.8 Å². The van der Waals surface area contributed by atoms with Crippen molar-refractivity contribution in [1.29, 1.82) is 0 Å². The van der Waals surface area contributed by atoms with Crippen LogP contribution in [0.5, 0.6) is 0 Å². The number of aromatic nitrogens is 2. The summed E-state index contributed by atoms with van der Waals surface area (Å²) < 4.78 is 0. The van der Waals surface area contributed by atoms with E-state index in [2.05, 4.69) is 22.3 Å². The highest BCUT2D eigenvalue weighted by Crippen LogP contribution is 2.25. The SMILES string of the molecule is CN(Cc1n[nH]c2c1CCCC2)C(=O)C1CCC(=O)N(CCCc2ccccc2)C1. The molecule has 160 valence electrons. The largest absolute Gasteiger partial charge is 0.342 e. The van der Waals surface area contributed by atoms with E-state index in [1.165, 1.54) is 29.7 Å². The first-order chi connectivity index (χ1) is 14.6.